The molecule has 1 aromatic carbocycles. The van der Waals surface area contributed by atoms with Crippen molar-refractivity contribution in [1.29, 1.82) is 0 Å². The van der Waals surface area contributed by atoms with Crippen molar-refractivity contribution in [1.82, 2.24) is 9.78 Å². The smallest absolute Gasteiger partial charge is 0.149 e. The molecular weight excluding hydrogens is 230 g/mol. The molecule has 1 heterocycles. The molecule has 0 spiro atoms. The summed E-state index contributed by atoms with van der Waals surface area (Å²) in [6.45, 7) is 0. The van der Waals surface area contributed by atoms with Crippen molar-refractivity contribution >= 4 is 29.5 Å². The van der Waals surface area contributed by atoms with Gasteiger partial charge in [0.25, 0.3) is 0 Å². The number of nitrogens with zero attached hydrogens (tertiary/aromatic N) is 2. The molecule has 0 radical (unpaired) electrons. The summed E-state index contributed by atoms with van der Waals surface area (Å²) in [6, 6.07) is 9.53. The van der Waals surface area contributed by atoms with E-state index in [1.807, 2.05) is 30.3 Å². The van der Waals surface area contributed by atoms with Crippen LogP contribution in [-0.4, -0.2) is 9.78 Å². The predicted molar refractivity (Wildman–Crippen MR) is 63.8 cm³/mol. The Morgan fingerprint density at radius 2 is 1.93 bits per heavy atom. The summed E-state index contributed by atoms with van der Waals surface area (Å²) in [7, 11) is 0. The second kappa shape index (κ2) is 4.00. The Kier molecular flexibility index (Phi) is 2.70. The Bertz CT molecular complexity index is 536. The Hall–Kier alpha value is -1.39. The Balaban J connectivity index is 2.66. The molecule has 0 bridgehead atoms. The summed E-state index contributed by atoms with van der Waals surface area (Å²) < 4.78 is 2.00. The molecule has 0 saturated heterocycles. The van der Waals surface area contributed by atoms with Crippen LogP contribution in [0.4, 0.5) is 5.69 Å². The van der Waals surface area contributed by atoms with Crippen molar-refractivity contribution in [2.75, 3.05) is 5.73 Å². The highest BCUT2D eigenvalue weighted by Gasteiger charge is 2.04. The summed E-state index contributed by atoms with van der Waals surface area (Å²) >= 11 is 11.1. The molecule has 1 aromatic heterocycles. The minimum Gasteiger partial charge on any atom is -0.396 e. The molecule has 0 fully saturated rings. The van der Waals surface area contributed by atoms with E-state index >= 15 is 0 Å². The number of halogens is 1. The number of benzene rings is 1. The molecule has 0 amide bonds. The molecule has 2 aromatic rings. The van der Waals surface area contributed by atoms with Gasteiger partial charge in [0.1, 0.15) is 9.66 Å². The summed E-state index contributed by atoms with van der Waals surface area (Å²) in [5.41, 5.74) is 6.86. The zero-order valence-corrected chi connectivity index (χ0v) is 9.29. The Labute approximate surface area is 97.1 Å². The standard InChI is InChI=1S/C10H8ClN3S/c11-9-8(12)6-13-14(10(9)15)7-4-2-1-3-5-7/h1-6H,12H2. The average Bonchev–Trinajstić information content (AvgIpc) is 2.27. The third kappa shape index (κ3) is 1.86. The maximum atomic E-state index is 5.94. The maximum Gasteiger partial charge on any atom is 0.149 e. The third-order valence-electron chi connectivity index (χ3n) is 1.95. The van der Waals surface area contributed by atoms with Crippen molar-refractivity contribution in [3.05, 3.63) is 46.2 Å². The zero-order valence-electron chi connectivity index (χ0n) is 7.72. The molecule has 0 aliphatic carbocycles. The van der Waals surface area contributed by atoms with E-state index in [2.05, 4.69) is 5.10 Å². The highest BCUT2D eigenvalue weighted by atomic mass is 35.5. The highest BCUT2D eigenvalue weighted by Crippen LogP contribution is 2.20. The van der Waals surface area contributed by atoms with E-state index in [1.54, 1.807) is 4.68 Å². The summed E-state index contributed by atoms with van der Waals surface area (Å²) in [4.78, 5) is 0. The van der Waals surface area contributed by atoms with Crippen LogP contribution in [0.1, 0.15) is 0 Å². The van der Waals surface area contributed by atoms with Gasteiger partial charge in [0, 0.05) is 0 Å². The highest BCUT2D eigenvalue weighted by molar-refractivity contribution is 7.71. The van der Waals surface area contributed by atoms with E-state index in [0.717, 1.165) is 5.69 Å². The number of anilines is 1. The third-order valence-corrected chi connectivity index (χ3v) is 2.83. The first-order chi connectivity index (χ1) is 7.20. The molecule has 2 rings (SSSR count). The van der Waals surface area contributed by atoms with E-state index < -0.39 is 0 Å². The lowest BCUT2D eigenvalue weighted by molar-refractivity contribution is 0.831. The zero-order chi connectivity index (χ0) is 10.8. The van der Waals surface area contributed by atoms with Crippen LogP contribution in [0.5, 0.6) is 0 Å². The normalized spacial score (nSPS) is 10.2. The Morgan fingerprint density at radius 1 is 1.27 bits per heavy atom. The molecule has 0 aliphatic heterocycles. The van der Waals surface area contributed by atoms with Gasteiger partial charge in [0.15, 0.2) is 0 Å². The van der Waals surface area contributed by atoms with Gasteiger partial charge in [0.2, 0.25) is 0 Å². The fourth-order valence-electron chi connectivity index (χ4n) is 1.20. The molecule has 15 heavy (non-hydrogen) atoms. The van der Waals surface area contributed by atoms with Crippen LogP contribution in [-0.2, 0) is 0 Å². The SMILES string of the molecule is Nc1cnn(-c2ccccc2)c(=S)c1Cl. The molecule has 5 heteroatoms. The van der Waals surface area contributed by atoms with E-state index in [4.69, 9.17) is 29.6 Å². The number of nitrogen functional groups attached to an aromatic ring is 1. The minimum atomic E-state index is 0.365. The fraction of sp³-hybridized carbons (Fsp3) is 0. The van der Waals surface area contributed by atoms with Gasteiger partial charge in [-0.3, -0.25) is 0 Å². The van der Waals surface area contributed by atoms with Gasteiger partial charge >= 0.3 is 0 Å². The largest absolute Gasteiger partial charge is 0.396 e. The molecule has 0 atom stereocenters. The van der Waals surface area contributed by atoms with Crippen molar-refractivity contribution < 1.29 is 0 Å². The number of para-hydroxylation sites is 1. The van der Waals surface area contributed by atoms with Crippen LogP contribution in [0.3, 0.4) is 0 Å². The van der Waals surface area contributed by atoms with Gasteiger partial charge in [-0.1, -0.05) is 42.0 Å². The quantitative estimate of drug-likeness (QED) is 0.776. The van der Waals surface area contributed by atoms with Gasteiger partial charge in [0.05, 0.1) is 17.6 Å². The lowest BCUT2D eigenvalue weighted by atomic mass is 10.3. The average molecular weight is 238 g/mol. The van der Waals surface area contributed by atoms with Gasteiger partial charge < -0.3 is 5.73 Å². The van der Waals surface area contributed by atoms with E-state index in [-0.39, 0.29) is 0 Å². The van der Waals surface area contributed by atoms with Crippen molar-refractivity contribution in [2.24, 2.45) is 0 Å². The number of nitrogens with two attached hydrogens (primary N) is 1. The van der Waals surface area contributed by atoms with Crippen LogP contribution in [0.2, 0.25) is 5.02 Å². The topological polar surface area (TPSA) is 43.8 Å². The first kappa shape index (κ1) is 10.1. The van der Waals surface area contributed by atoms with Gasteiger partial charge in [-0.05, 0) is 12.1 Å². The number of rotatable bonds is 1. The molecule has 0 unspecified atom stereocenters. The lowest BCUT2D eigenvalue weighted by Crippen LogP contribution is -2.04. The first-order valence-electron chi connectivity index (χ1n) is 4.29. The van der Waals surface area contributed by atoms with Crippen molar-refractivity contribution in [2.45, 2.75) is 0 Å². The van der Waals surface area contributed by atoms with E-state index in [1.165, 1.54) is 6.20 Å². The summed E-state index contributed by atoms with van der Waals surface area (Å²) in [6.07, 6.45) is 1.49. The van der Waals surface area contributed by atoms with E-state index in [9.17, 15) is 0 Å². The van der Waals surface area contributed by atoms with E-state index in [0.29, 0.717) is 15.4 Å². The molecular formula is C10H8ClN3S. The van der Waals surface area contributed by atoms with Gasteiger partial charge in [-0.15, -0.1) is 0 Å². The lowest BCUT2D eigenvalue weighted by Gasteiger charge is -2.06. The predicted octanol–water partition coefficient (Wildman–Crippen LogP) is 2.84. The van der Waals surface area contributed by atoms with Gasteiger partial charge in [-0.2, -0.15) is 5.10 Å². The number of aromatic nitrogens is 2. The number of hydrogen-bond acceptors (Lipinski definition) is 3. The Morgan fingerprint density at radius 3 is 2.60 bits per heavy atom. The monoisotopic (exact) mass is 237 g/mol. The van der Waals surface area contributed by atoms with Crippen LogP contribution in [0.25, 0.3) is 5.69 Å². The summed E-state index contributed by atoms with van der Waals surface area (Å²) in [5, 5.41) is 4.48. The van der Waals surface area contributed by atoms with Crippen LogP contribution < -0.4 is 5.73 Å². The molecule has 3 nitrogen and oxygen atoms in total. The first-order valence-corrected chi connectivity index (χ1v) is 5.07. The maximum absolute atomic E-state index is 5.94. The van der Waals surface area contributed by atoms with Crippen LogP contribution in [0.15, 0.2) is 36.5 Å². The minimum absolute atomic E-state index is 0.365. The molecule has 2 N–H and O–H groups in total. The van der Waals surface area contributed by atoms with Crippen molar-refractivity contribution in [3.63, 3.8) is 0 Å². The van der Waals surface area contributed by atoms with Crippen LogP contribution in [0, 0.1) is 4.64 Å². The van der Waals surface area contributed by atoms with Gasteiger partial charge in [-0.25, -0.2) is 4.68 Å². The summed E-state index contributed by atoms with van der Waals surface area (Å²) in [5.74, 6) is 0. The van der Waals surface area contributed by atoms with Crippen LogP contribution >= 0.6 is 23.8 Å². The fourth-order valence-corrected chi connectivity index (χ4v) is 1.60. The number of hydrogen-bond donors (Lipinski definition) is 1. The molecule has 76 valence electrons. The molecule has 0 aliphatic rings. The van der Waals surface area contributed by atoms with Crippen molar-refractivity contribution in [3.8, 4) is 5.69 Å². The second-order valence-corrected chi connectivity index (χ2v) is 3.73. The second-order valence-electron chi connectivity index (χ2n) is 2.97. The molecule has 0 saturated carbocycles.